The summed E-state index contributed by atoms with van der Waals surface area (Å²) in [7, 11) is 0. The summed E-state index contributed by atoms with van der Waals surface area (Å²) in [5, 5.41) is 6.49. The molecule has 1 unspecified atom stereocenters. The number of nitrogens with one attached hydrogen (secondary N) is 1. The Hall–Kier alpha value is -1.30. The normalized spacial score (nSPS) is 20.6. The van der Waals surface area contributed by atoms with E-state index in [9.17, 15) is 4.39 Å². The maximum absolute atomic E-state index is 13.4. The van der Waals surface area contributed by atoms with E-state index in [1.165, 1.54) is 6.07 Å². The quantitative estimate of drug-likeness (QED) is 0.934. The molecule has 1 aliphatic rings. The van der Waals surface area contributed by atoms with Crippen LogP contribution in [-0.4, -0.2) is 29.5 Å². The molecule has 5 heteroatoms. The van der Waals surface area contributed by atoms with Gasteiger partial charge in [-0.15, -0.1) is 11.3 Å². The van der Waals surface area contributed by atoms with E-state index in [1.54, 1.807) is 23.5 Å². The molecule has 1 fully saturated rings. The van der Waals surface area contributed by atoms with E-state index in [0.717, 1.165) is 36.8 Å². The van der Waals surface area contributed by atoms with Crippen LogP contribution < -0.4 is 5.32 Å². The molecule has 1 saturated heterocycles. The van der Waals surface area contributed by atoms with Crippen LogP contribution in [-0.2, 0) is 6.54 Å². The molecule has 1 aromatic carbocycles. The van der Waals surface area contributed by atoms with Crippen LogP contribution in [0.5, 0.6) is 0 Å². The molecule has 0 bridgehead atoms. The third kappa shape index (κ3) is 3.00. The molecule has 1 N–H and O–H groups in total. The van der Waals surface area contributed by atoms with E-state index >= 15 is 0 Å². The number of thiazole rings is 1. The van der Waals surface area contributed by atoms with Gasteiger partial charge in [-0.3, -0.25) is 4.90 Å². The second-order valence-electron chi connectivity index (χ2n) is 4.67. The van der Waals surface area contributed by atoms with Gasteiger partial charge >= 0.3 is 0 Å². The predicted octanol–water partition coefficient (Wildman–Crippen LogP) is 2.43. The van der Waals surface area contributed by atoms with Crippen LogP contribution in [0.25, 0.3) is 0 Å². The van der Waals surface area contributed by atoms with Gasteiger partial charge in [-0.2, -0.15) is 0 Å². The van der Waals surface area contributed by atoms with Crippen molar-refractivity contribution in [1.29, 1.82) is 0 Å². The monoisotopic (exact) mass is 277 g/mol. The Balaban J connectivity index is 1.80. The van der Waals surface area contributed by atoms with Crippen molar-refractivity contribution >= 4 is 11.3 Å². The van der Waals surface area contributed by atoms with Crippen LogP contribution in [0.4, 0.5) is 4.39 Å². The average molecular weight is 277 g/mol. The fourth-order valence-corrected chi connectivity index (χ4v) is 3.12. The van der Waals surface area contributed by atoms with Crippen molar-refractivity contribution in [3.63, 3.8) is 0 Å². The van der Waals surface area contributed by atoms with Gasteiger partial charge in [0.1, 0.15) is 10.8 Å². The molecular weight excluding hydrogens is 261 g/mol. The molecule has 1 aromatic heterocycles. The molecule has 3 nitrogen and oxygen atoms in total. The fourth-order valence-electron chi connectivity index (χ4n) is 2.48. The molecule has 0 aliphatic carbocycles. The van der Waals surface area contributed by atoms with Crippen LogP contribution in [0, 0.1) is 5.82 Å². The van der Waals surface area contributed by atoms with Crippen LogP contribution in [0.15, 0.2) is 35.8 Å². The van der Waals surface area contributed by atoms with Crippen LogP contribution in [0.3, 0.4) is 0 Å². The van der Waals surface area contributed by atoms with Gasteiger partial charge in [-0.05, 0) is 17.7 Å². The summed E-state index contributed by atoms with van der Waals surface area (Å²) in [6.07, 6.45) is 1.83. The molecule has 0 radical (unpaired) electrons. The molecule has 100 valence electrons. The number of hydrogen-bond acceptors (Lipinski definition) is 4. The summed E-state index contributed by atoms with van der Waals surface area (Å²) in [5.41, 5.74) is 1.03. The second kappa shape index (κ2) is 5.77. The fraction of sp³-hybridized carbons (Fsp3) is 0.357. The highest BCUT2D eigenvalue weighted by molar-refractivity contribution is 7.09. The maximum atomic E-state index is 13.4. The number of piperazine rings is 1. The zero-order valence-electron chi connectivity index (χ0n) is 10.6. The van der Waals surface area contributed by atoms with E-state index in [4.69, 9.17) is 0 Å². The first-order valence-electron chi connectivity index (χ1n) is 6.41. The molecule has 2 aromatic rings. The standard InChI is InChI=1S/C14H16FN3S/c15-12-3-1-2-11(8-12)13-9-16-4-6-18(13)10-14-17-5-7-19-14/h1-3,5,7-8,13,16H,4,6,9-10H2. The largest absolute Gasteiger partial charge is 0.314 e. The molecule has 3 rings (SSSR count). The number of rotatable bonds is 3. The van der Waals surface area contributed by atoms with Gasteiger partial charge in [0, 0.05) is 37.3 Å². The van der Waals surface area contributed by atoms with Crippen molar-refractivity contribution in [3.05, 3.63) is 52.2 Å². The lowest BCUT2D eigenvalue weighted by molar-refractivity contribution is 0.153. The van der Waals surface area contributed by atoms with Gasteiger partial charge in [0.25, 0.3) is 0 Å². The van der Waals surface area contributed by atoms with E-state index < -0.39 is 0 Å². The SMILES string of the molecule is Fc1cccc(C2CNCCN2Cc2nccs2)c1. The lowest BCUT2D eigenvalue weighted by Crippen LogP contribution is -2.45. The van der Waals surface area contributed by atoms with E-state index in [2.05, 4.69) is 15.2 Å². The summed E-state index contributed by atoms with van der Waals surface area (Å²) in [5.74, 6) is -0.169. The number of aromatic nitrogens is 1. The van der Waals surface area contributed by atoms with Gasteiger partial charge in [-0.1, -0.05) is 12.1 Å². The average Bonchev–Trinajstić information content (AvgIpc) is 2.92. The molecule has 2 heterocycles. The Bertz CT molecular complexity index is 529. The van der Waals surface area contributed by atoms with E-state index in [-0.39, 0.29) is 11.9 Å². The number of nitrogens with zero attached hydrogens (tertiary/aromatic N) is 2. The second-order valence-corrected chi connectivity index (χ2v) is 5.65. The summed E-state index contributed by atoms with van der Waals surface area (Å²) in [6, 6.07) is 7.11. The van der Waals surface area contributed by atoms with Gasteiger partial charge in [0.05, 0.1) is 6.54 Å². The minimum absolute atomic E-state index is 0.169. The Labute approximate surface area is 116 Å². The number of hydrogen-bond donors (Lipinski definition) is 1. The van der Waals surface area contributed by atoms with E-state index in [1.807, 2.05) is 17.6 Å². The molecule has 0 amide bonds. The van der Waals surface area contributed by atoms with E-state index in [0.29, 0.717) is 0 Å². The lowest BCUT2D eigenvalue weighted by atomic mass is 10.0. The van der Waals surface area contributed by atoms with Crippen LogP contribution >= 0.6 is 11.3 Å². The third-order valence-electron chi connectivity index (χ3n) is 3.41. The highest BCUT2D eigenvalue weighted by atomic mass is 32.1. The molecule has 1 atom stereocenters. The van der Waals surface area contributed by atoms with Crippen molar-refractivity contribution in [2.24, 2.45) is 0 Å². The molecule has 0 saturated carbocycles. The Morgan fingerprint density at radius 3 is 3.21 bits per heavy atom. The first kappa shape index (κ1) is 12.7. The highest BCUT2D eigenvalue weighted by Crippen LogP contribution is 2.25. The van der Waals surface area contributed by atoms with Crippen LogP contribution in [0.2, 0.25) is 0 Å². The Kier molecular flexibility index (Phi) is 3.87. The summed E-state index contributed by atoms with van der Waals surface area (Å²) < 4.78 is 13.4. The summed E-state index contributed by atoms with van der Waals surface area (Å²) >= 11 is 1.67. The molecule has 0 spiro atoms. The first-order valence-corrected chi connectivity index (χ1v) is 7.29. The first-order chi connectivity index (χ1) is 9.33. The smallest absolute Gasteiger partial charge is 0.123 e. The van der Waals surface area contributed by atoms with Gasteiger partial charge in [0.2, 0.25) is 0 Å². The minimum Gasteiger partial charge on any atom is -0.314 e. The topological polar surface area (TPSA) is 28.2 Å². The van der Waals surface area contributed by atoms with Gasteiger partial charge in [-0.25, -0.2) is 9.37 Å². The maximum Gasteiger partial charge on any atom is 0.123 e. The Morgan fingerprint density at radius 1 is 1.47 bits per heavy atom. The number of benzene rings is 1. The number of halogens is 1. The lowest BCUT2D eigenvalue weighted by Gasteiger charge is -2.36. The summed E-state index contributed by atoms with van der Waals surface area (Å²) in [4.78, 5) is 6.70. The van der Waals surface area contributed by atoms with Crippen molar-refractivity contribution in [2.45, 2.75) is 12.6 Å². The minimum atomic E-state index is -0.169. The van der Waals surface area contributed by atoms with Crippen molar-refractivity contribution in [1.82, 2.24) is 15.2 Å². The predicted molar refractivity (Wildman–Crippen MR) is 74.5 cm³/mol. The van der Waals surface area contributed by atoms with Gasteiger partial charge in [0.15, 0.2) is 0 Å². The van der Waals surface area contributed by atoms with Crippen molar-refractivity contribution in [3.8, 4) is 0 Å². The third-order valence-corrected chi connectivity index (χ3v) is 4.17. The molecule has 19 heavy (non-hydrogen) atoms. The Morgan fingerprint density at radius 2 is 2.42 bits per heavy atom. The molecular formula is C14H16FN3S. The molecule has 1 aliphatic heterocycles. The zero-order valence-corrected chi connectivity index (χ0v) is 11.4. The van der Waals surface area contributed by atoms with Crippen LogP contribution in [0.1, 0.15) is 16.6 Å². The highest BCUT2D eigenvalue weighted by Gasteiger charge is 2.24. The van der Waals surface area contributed by atoms with Gasteiger partial charge < -0.3 is 5.32 Å². The van der Waals surface area contributed by atoms with Crippen molar-refractivity contribution in [2.75, 3.05) is 19.6 Å². The van der Waals surface area contributed by atoms with Crippen molar-refractivity contribution < 1.29 is 4.39 Å². The summed E-state index contributed by atoms with van der Waals surface area (Å²) in [6.45, 7) is 3.62. The zero-order chi connectivity index (χ0) is 13.1.